The lowest BCUT2D eigenvalue weighted by Crippen LogP contribution is -2.35. The highest BCUT2D eigenvalue weighted by Crippen LogP contribution is 2.21. The molecule has 0 radical (unpaired) electrons. The van der Waals surface area contributed by atoms with Crippen molar-refractivity contribution in [2.45, 2.75) is 32.2 Å². The molecule has 2 saturated heterocycles. The van der Waals surface area contributed by atoms with E-state index in [4.69, 9.17) is 9.26 Å². The summed E-state index contributed by atoms with van der Waals surface area (Å²) in [4.78, 5) is 7.01. The van der Waals surface area contributed by atoms with Gasteiger partial charge in [0.1, 0.15) is 0 Å². The number of ether oxygens (including phenoxy) is 1. The van der Waals surface area contributed by atoms with E-state index in [0.29, 0.717) is 5.82 Å². The first-order valence-corrected chi connectivity index (χ1v) is 9.79. The molecule has 6 nitrogen and oxygen atoms in total. The van der Waals surface area contributed by atoms with Gasteiger partial charge in [0.25, 0.3) is 0 Å². The lowest BCUT2D eigenvalue weighted by molar-refractivity contribution is 0.0342. The Morgan fingerprint density at radius 3 is 2.56 bits per heavy atom. The first-order chi connectivity index (χ1) is 12.9. The molecule has 0 amide bonds. The lowest BCUT2D eigenvalue weighted by atomic mass is 9.93. The van der Waals surface area contributed by atoms with Gasteiger partial charge in [0.2, 0.25) is 11.7 Å². The molecule has 2 aliphatic heterocycles. The van der Waals surface area contributed by atoms with Gasteiger partial charge in [-0.05, 0) is 43.8 Å². The van der Waals surface area contributed by atoms with Gasteiger partial charge in [0.05, 0.1) is 13.2 Å². The fourth-order valence-electron chi connectivity index (χ4n) is 3.75. The second-order valence-electron chi connectivity index (χ2n) is 7.33. The molecule has 2 aromatic rings. The van der Waals surface area contributed by atoms with E-state index in [1.807, 2.05) is 0 Å². The van der Waals surface area contributed by atoms with Gasteiger partial charge >= 0.3 is 0 Å². The van der Waals surface area contributed by atoms with E-state index < -0.39 is 0 Å². The first kappa shape index (κ1) is 20.3. The molecule has 1 N–H and O–H groups in total. The van der Waals surface area contributed by atoms with Crippen LogP contribution in [0.1, 0.15) is 30.7 Å². The maximum absolute atomic E-state index is 5.46. The Bertz CT molecular complexity index is 680. The van der Waals surface area contributed by atoms with Crippen molar-refractivity contribution in [3.8, 4) is 11.4 Å². The monoisotopic (exact) mass is 392 g/mol. The van der Waals surface area contributed by atoms with Crippen molar-refractivity contribution in [3.63, 3.8) is 0 Å². The molecule has 1 aromatic heterocycles. The van der Waals surface area contributed by atoms with E-state index in [0.717, 1.165) is 76.2 Å². The molecule has 4 rings (SSSR count). The Morgan fingerprint density at radius 2 is 1.81 bits per heavy atom. The number of aromatic nitrogens is 2. The van der Waals surface area contributed by atoms with Crippen LogP contribution in [0.15, 0.2) is 28.8 Å². The molecule has 0 unspecified atom stereocenters. The second-order valence-corrected chi connectivity index (χ2v) is 7.33. The van der Waals surface area contributed by atoms with Crippen LogP contribution in [0.2, 0.25) is 0 Å². The van der Waals surface area contributed by atoms with Crippen molar-refractivity contribution >= 4 is 12.4 Å². The number of nitrogens with one attached hydrogen (secondary N) is 1. The molecular formula is C20H29ClN4O2. The Morgan fingerprint density at radius 1 is 1.07 bits per heavy atom. The van der Waals surface area contributed by atoms with Crippen molar-refractivity contribution in [1.29, 1.82) is 0 Å². The molecule has 148 valence electrons. The van der Waals surface area contributed by atoms with Crippen LogP contribution in [0, 0.1) is 5.92 Å². The third-order valence-corrected chi connectivity index (χ3v) is 5.42. The van der Waals surface area contributed by atoms with E-state index in [1.165, 1.54) is 18.4 Å². The summed E-state index contributed by atoms with van der Waals surface area (Å²) in [6, 6.07) is 8.51. The van der Waals surface area contributed by atoms with E-state index in [2.05, 4.69) is 44.6 Å². The SMILES string of the molecule is Cl.c1cc(-c2noc(CCC3CCNCC3)n2)ccc1CN1CCOCC1. The van der Waals surface area contributed by atoms with Crippen molar-refractivity contribution in [2.24, 2.45) is 5.92 Å². The van der Waals surface area contributed by atoms with Crippen LogP contribution in [-0.4, -0.2) is 54.4 Å². The van der Waals surface area contributed by atoms with Crippen LogP contribution in [0.25, 0.3) is 11.4 Å². The summed E-state index contributed by atoms with van der Waals surface area (Å²) in [5.41, 5.74) is 2.33. The quantitative estimate of drug-likeness (QED) is 0.815. The van der Waals surface area contributed by atoms with Crippen molar-refractivity contribution < 1.29 is 9.26 Å². The van der Waals surface area contributed by atoms with Gasteiger partial charge in [-0.15, -0.1) is 12.4 Å². The van der Waals surface area contributed by atoms with Gasteiger partial charge in [0, 0.05) is 31.6 Å². The molecule has 3 heterocycles. The minimum absolute atomic E-state index is 0. The van der Waals surface area contributed by atoms with E-state index in [1.54, 1.807) is 0 Å². The van der Waals surface area contributed by atoms with Gasteiger partial charge in [-0.25, -0.2) is 0 Å². The number of halogens is 1. The Hall–Kier alpha value is -1.47. The predicted octanol–water partition coefficient (Wildman–Crippen LogP) is 2.92. The highest BCUT2D eigenvalue weighted by atomic mass is 35.5. The zero-order chi connectivity index (χ0) is 17.6. The van der Waals surface area contributed by atoms with Gasteiger partial charge in [0.15, 0.2) is 0 Å². The van der Waals surface area contributed by atoms with Crippen LogP contribution >= 0.6 is 12.4 Å². The fraction of sp³-hybridized carbons (Fsp3) is 0.600. The van der Waals surface area contributed by atoms with E-state index in [-0.39, 0.29) is 12.4 Å². The van der Waals surface area contributed by atoms with Crippen molar-refractivity contribution in [2.75, 3.05) is 39.4 Å². The summed E-state index contributed by atoms with van der Waals surface area (Å²) in [6.07, 6.45) is 4.53. The minimum Gasteiger partial charge on any atom is -0.379 e. The van der Waals surface area contributed by atoms with Crippen LogP contribution in [-0.2, 0) is 17.7 Å². The average molecular weight is 393 g/mol. The lowest BCUT2D eigenvalue weighted by Gasteiger charge is -2.26. The third-order valence-electron chi connectivity index (χ3n) is 5.42. The minimum atomic E-state index is 0. The molecule has 0 aliphatic carbocycles. The zero-order valence-electron chi connectivity index (χ0n) is 15.7. The summed E-state index contributed by atoms with van der Waals surface area (Å²) in [7, 11) is 0. The molecule has 0 spiro atoms. The van der Waals surface area contributed by atoms with Crippen LogP contribution in [0.4, 0.5) is 0 Å². The molecule has 1 aromatic carbocycles. The number of nitrogens with zero attached hydrogens (tertiary/aromatic N) is 3. The smallest absolute Gasteiger partial charge is 0.226 e. The fourth-order valence-corrected chi connectivity index (χ4v) is 3.75. The second kappa shape index (κ2) is 10.2. The van der Waals surface area contributed by atoms with Gasteiger partial charge in [-0.3, -0.25) is 4.90 Å². The molecule has 0 saturated carbocycles. The Labute approximate surface area is 167 Å². The average Bonchev–Trinajstić information content (AvgIpc) is 3.18. The zero-order valence-corrected chi connectivity index (χ0v) is 16.5. The predicted molar refractivity (Wildman–Crippen MR) is 107 cm³/mol. The molecule has 0 atom stereocenters. The largest absolute Gasteiger partial charge is 0.379 e. The molecule has 2 fully saturated rings. The standard InChI is InChI=1S/C20H28N4O2.ClH/c1-4-18(5-2-17(1)15-24-11-13-25-14-12-24)20-22-19(26-23-20)6-3-16-7-9-21-10-8-16;/h1-2,4-5,16,21H,3,6-15H2;1H. The number of aryl methyl sites for hydroxylation is 1. The van der Waals surface area contributed by atoms with E-state index in [9.17, 15) is 0 Å². The Kier molecular flexibility index (Phi) is 7.64. The van der Waals surface area contributed by atoms with Gasteiger partial charge in [-0.2, -0.15) is 4.98 Å². The number of hydrogen-bond acceptors (Lipinski definition) is 6. The number of piperidine rings is 1. The molecular weight excluding hydrogens is 364 g/mol. The maximum atomic E-state index is 5.46. The summed E-state index contributed by atoms with van der Waals surface area (Å²) >= 11 is 0. The summed E-state index contributed by atoms with van der Waals surface area (Å²) in [6.45, 7) is 6.92. The van der Waals surface area contributed by atoms with Crippen LogP contribution in [0.3, 0.4) is 0 Å². The third kappa shape index (κ3) is 5.75. The van der Waals surface area contributed by atoms with Crippen LogP contribution < -0.4 is 5.32 Å². The van der Waals surface area contributed by atoms with Crippen molar-refractivity contribution in [3.05, 3.63) is 35.7 Å². The molecule has 7 heteroatoms. The molecule has 0 bridgehead atoms. The number of benzene rings is 1. The number of morpholine rings is 1. The van der Waals surface area contributed by atoms with E-state index >= 15 is 0 Å². The van der Waals surface area contributed by atoms with Gasteiger partial charge in [-0.1, -0.05) is 29.4 Å². The van der Waals surface area contributed by atoms with Crippen LogP contribution in [0.5, 0.6) is 0 Å². The Balaban J connectivity index is 0.00000210. The molecule has 2 aliphatic rings. The van der Waals surface area contributed by atoms with Crippen molar-refractivity contribution in [1.82, 2.24) is 20.4 Å². The molecule has 27 heavy (non-hydrogen) atoms. The highest BCUT2D eigenvalue weighted by Gasteiger charge is 2.16. The number of hydrogen-bond donors (Lipinski definition) is 1. The topological polar surface area (TPSA) is 63.4 Å². The summed E-state index contributed by atoms with van der Waals surface area (Å²) < 4.78 is 10.9. The summed E-state index contributed by atoms with van der Waals surface area (Å²) in [5.74, 6) is 2.24. The highest BCUT2D eigenvalue weighted by molar-refractivity contribution is 5.85. The normalized spacial score (nSPS) is 19.0. The maximum Gasteiger partial charge on any atom is 0.226 e. The summed E-state index contributed by atoms with van der Waals surface area (Å²) in [5, 5.41) is 7.58. The van der Waals surface area contributed by atoms with Gasteiger partial charge < -0.3 is 14.6 Å². The first-order valence-electron chi connectivity index (χ1n) is 9.79. The number of rotatable bonds is 6.